The van der Waals surface area contributed by atoms with Gasteiger partial charge < -0.3 is 10.2 Å². The van der Waals surface area contributed by atoms with Crippen LogP contribution in [0.3, 0.4) is 0 Å². The van der Waals surface area contributed by atoms with Crippen LogP contribution in [0.1, 0.15) is 20.3 Å². The molecule has 2 aromatic rings. The van der Waals surface area contributed by atoms with Crippen molar-refractivity contribution in [3.63, 3.8) is 0 Å². The maximum atomic E-state index is 12.8. The highest BCUT2D eigenvalue weighted by atomic mass is 32.2. The molecule has 0 unspecified atom stereocenters. The fraction of sp³-hybridized carbons (Fsp3) is 0.500. The van der Waals surface area contributed by atoms with Crippen LogP contribution in [-0.4, -0.2) is 65.6 Å². The lowest BCUT2D eigenvalue weighted by atomic mass is 10.2. The molecular formula is C18H24N4O3S2. The third-order valence-corrected chi connectivity index (χ3v) is 7.36. The van der Waals surface area contributed by atoms with Crippen LogP contribution in [0.5, 0.6) is 0 Å². The van der Waals surface area contributed by atoms with Gasteiger partial charge in [0.05, 0.1) is 22.3 Å². The molecule has 3 rings (SSSR count). The van der Waals surface area contributed by atoms with E-state index in [0.29, 0.717) is 11.6 Å². The lowest BCUT2D eigenvalue weighted by Crippen LogP contribution is -2.41. The number of hydrogen-bond acceptors (Lipinski definition) is 7. The van der Waals surface area contributed by atoms with Gasteiger partial charge in [0.25, 0.3) is 0 Å². The standard InChI is InChI=1S/C18H24N4O3S2/c1-4-19-16-14-7-5-6-8-15(14)20-18(21-16)26-12(2)17(23)22(3)13-9-10-27(24,25)11-13/h5-8,12-13H,4,9-11H2,1-3H3,(H,19,20,21)/t12-,13+/m0/s1. The molecule has 1 aliphatic rings. The van der Waals surface area contributed by atoms with E-state index in [1.165, 1.54) is 11.8 Å². The molecule has 1 aliphatic heterocycles. The van der Waals surface area contributed by atoms with Crippen LogP contribution in [0.2, 0.25) is 0 Å². The van der Waals surface area contributed by atoms with E-state index in [-0.39, 0.29) is 23.5 Å². The molecule has 0 bridgehead atoms. The molecule has 7 nitrogen and oxygen atoms in total. The number of amides is 1. The molecule has 27 heavy (non-hydrogen) atoms. The summed E-state index contributed by atoms with van der Waals surface area (Å²) < 4.78 is 23.4. The average Bonchev–Trinajstić information content (AvgIpc) is 3.00. The minimum Gasteiger partial charge on any atom is -0.370 e. The monoisotopic (exact) mass is 408 g/mol. The number of nitrogens with zero attached hydrogens (tertiary/aromatic N) is 3. The number of nitrogens with one attached hydrogen (secondary N) is 1. The Hall–Kier alpha value is -1.87. The number of thioether (sulfide) groups is 1. The van der Waals surface area contributed by atoms with Gasteiger partial charge in [-0.05, 0) is 32.4 Å². The van der Waals surface area contributed by atoms with E-state index in [9.17, 15) is 13.2 Å². The molecule has 146 valence electrons. The molecule has 1 amide bonds. The van der Waals surface area contributed by atoms with Crippen molar-refractivity contribution in [2.24, 2.45) is 0 Å². The molecule has 1 aromatic carbocycles. The van der Waals surface area contributed by atoms with E-state index in [1.807, 2.05) is 31.2 Å². The predicted octanol–water partition coefficient (Wildman–Crippen LogP) is 2.19. The number of carbonyl (C=O) groups excluding carboxylic acids is 1. The van der Waals surface area contributed by atoms with Gasteiger partial charge in [-0.1, -0.05) is 23.9 Å². The Morgan fingerprint density at radius 1 is 1.37 bits per heavy atom. The van der Waals surface area contributed by atoms with Crippen LogP contribution in [0.15, 0.2) is 29.4 Å². The second-order valence-corrected chi connectivity index (χ2v) is 10.2. The summed E-state index contributed by atoms with van der Waals surface area (Å²) in [6.45, 7) is 4.54. The van der Waals surface area contributed by atoms with Gasteiger partial charge in [-0.3, -0.25) is 4.79 Å². The molecule has 2 heterocycles. The molecule has 1 saturated heterocycles. The number of benzene rings is 1. The maximum Gasteiger partial charge on any atom is 0.235 e. The number of carbonyl (C=O) groups is 1. The molecule has 1 fully saturated rings. The summed E-state index contributed by atoms with van der Waals surface area (Å²) in [6.07, 6.45) is 0.499. The zero-order valence-corrected chi connectivity index (χ0v) is 17.3. The first-order valence-electron chi connectivity index (χ1n) is 8.95. The van der Waals surface area contributed by atoms with Crippen molar-refractivity contribution in [3.05, 3.63) is 24.3 Å². The highest BCUT2D eigenvalue weighted by Gasteiger charge is 2.34. The van der Waals surface area contributed by atoms with Gasteiger partial charge in [0.15, 0.2) is 15.0 Å². The fourth-order valence-corrected chi connectivity index (χ4v) is 5.82. The van der Waals surface area contributed by atoms with Gasteiger partial charge in [-0.25, -0.2) is 18.4 Å². The highest BCUT2D eigenvalue weighted by Crippen LogP contribution is 2.28. The second kappa shape index (κ2) is 8.02. The topological polar surface area (TPSA) is 92.3 Å². The third kappa shape index (κ3) is 4.52. The van der Waals surface area contributed by atoms with E-state index < -0.39 is 15.1 Å². The molecule has 1 aromatic heterocycles. The lowest BCUT2D eigenvalue weighted by molar-refractivity contribution is -0.130. The van der Waals surface area contributed by atoms with Crippen molar-refractivity contribution in [1.29, 1.82) is 0 Å². The zero-order chi connectivity index (χ0) is 19.6. The number of anilines is 1. The first kappa shape index (κ1) is 19.9. The normalized spacial score (nSPS) is 19.7. The maximum absolute atomic E-state index is 12.8. The van der Waals surface area contributed by atoms with E-state index in [0.717, 1.165) is 23.3 Å². The SMILES string of the molecule is CCNc1nc(S[C@@H](C)C(=O)N(C)[C@@H]2CCS(=O)(=O)C2)nc2ccccc12. The van der Waals surface area contributed by atoms with Crippen LogP contribution in [-0.2, 0) is 14.6 Å². The smallest absolute Gasteiger partial charge is 0.235 e. The molecule has 2 atom stereocenters. The largest absolute Gasteiger partial charge is 0.370 e. The Morgan fingerprint density at radius 2 is 2.11 bits per heavy atom. The van der Waals surface area contributed by atoms with Crippen LogP contribution in [0.25, 0.3) is 10.9 Å². The average molecular weight is 409 g/mol. The van der Waals surface area contributed by atoms with Crippen molar-refractivity contribution < 1.29 is 13.2 Å². The first-order chi connectivity index (χ1) is 12.8. The number of hydrogen-bond donors (Lipinski definition) is 1. The number of aromatic nitrogens is 2. The summed E-state index contributed by atoms with van der Waals surface area (Å²) in [5, 5.41) is 4.30. The Balaban J connectivity index is 1.77. The minimum absolute atomic E-state index is 0.0453. The summed E-state index contributed by atoms with van der Waals surface area (Å²) in [5.74, 6) is 0.838. The molecule has 0 radical (unpaired) electrons. The molecular weight excluding hydrogens is 384 g/mol. The van der Waals surface area contributed by atoms with Crippen LogP contribution >= 0.6 is 11.8 Å². The number of fused-ring (bicyclic) bond motifs is 1. The number of sulfone groups is 1. The number of para-hydroxylation sites is 1. The van der Waals surface area contributed by atoms with Crippen LogP contribution in [0, 0.1) is 0 Å². The van der Waals surface area contributed by atoms with E-state index >= 15 is 0 Å². The molecule has 1 N–H and O–H groups in total. The zero-order valence-electron chi connectivity index (χ0n) is 15.7. The van der Waals surface area contributed by atoms with Gasteiger partial charge >= 0.3 is 0 Å². The predicted molar refractivity (Wildman–Crippen MR) is 109 cm³/mol. The summed E-state index contributed by atoms with van der Waals surface area (Å²) >= 11 is 1.29. The Labute approximate surface area is 163 Å². The van der Waals surface area contributed by atoms with Crippen molar-refractivity contribution in [1.82, 2.24) is 14.9 Å². The van der Waals surface area contributed by atoms with Gasteiger partial charge in [0.1, 0.15) is 5.82 Å². The lowest BCUT2D eigenvalue weighted by Gasteiger charge is -2.26. The quantitative estimate of drug-likeness (QED) is 0.578. The van der Waals surface area contributed by atoms with Crippen LogP contribution in [0.4, 0.5) is 5.82 Å². The van der Waals surface area contributed by atoms with E-state index in [1.54, 1.807) is 18.9 Å². The molecule has 0 spiro atoms. The van der Waals surface area contributed by atoms with Gasteiger partial charge in [0, 0.05) is 25.0 Å². The van der Waals surface area contributed by atoms with Gasteiger partial charge in [-0.15, -0.1) is 0 Å². The van der Waals surface area contributed by atoms with Crippen molar-refractivity contribution in [2.75, 3.05) is 30.4 Å². The third-order valence-electron chi connectivity index (χ3n) is 4.66. The van der Waals surface area contributed by atoms with Crippen molar-refractivity contribution in [2.45, 2.75) is 36.7 Å². The summed E-state index contributed by atoms with van der Waals surface area (Å²) in [6, 6.07) is 7.49. The Kier molecular flexibility index (Phi) is 5.90. The summed E-state index contributed by atoms with van der Waals surface area (Å²) in [5.41, 5.74) is 0.820. The molecule has 0 saturated carbocycles. The fourth-order valence-electron chi connectivity index (χ4n) is 3.17. The number of rotatable bonds is 6. The second-order valence-electron chi connectivity index (χ2n) is 6.67. The summed E-state index contributed by atoms with van der Waals surface area (Å²) in [7, 11) is -1.35. The van der Waals surface area contributed by atoms with Crippen molar-refractivity contribution in [3.8, 4) is 0 Å². The van der Waals surface area contributed by atoms with Crippen LogP contribution < -0.4 is 5.32 Å². The molecule has 9 heteroatoms. The van der Waals surface area contributed by atoms with Crippen molar-refractivity contribution >= 4 is 44.2 Å². The first-order valence-corrected chi connectivity index (χ1v) is 11.6. The van der Waals surface area contributed by atoms with Gasteiger partial charge in [-0.2, -0.15) is 0 Å². The highest BCUT2D eigenvalue weighted by molar-refractivity contribution is 8.00. The molecule has 0 aliphatic carbocycles. The Morgan fingerprint density at radius 3 is 2.78 bits per heavy atom. The Bertz CT molecular complexity index is 949. The van der Waals surface area contributed by atoms with Gasteiger partial charge in [0.2, 0.25) is 5.91 Å². The van der Waals surface area contributed by atoms with E-state index in [4.69, 9.17) is 0 Å². The van der Waals surface area contributed by atoms with E-state index in [2.05, 4.69) is 15.3 Å². The minimum atomic E-state index is -3.03. The summed E-state index contributed by atoms with van der Waals surface area (Å²) in [4.78, 5) is 23.5.